The highest BCUT2D eigenvalue weighted by Crippen LogP contribution is 2.44. The van der Waals surface area contributed by atoms with E-state index in [4.69, 9.17) is 19.6 Å². The monoisotopic (exact) mass is 812 g/mol. The maximum Gasteiger partial charge on any atom is 0.358 e. The van der Waals surface area contributed by atoms with Crippen LogP contribution in [0.25, 0.3) is 21.3 Å². The van der Waals surface area contributed by atoms with Crippen LogP contribution in [0, 0.1) is 12.3 Å². The molecular formula is C43H52N6O6S2. The van der Waals surface area contributed by atoms with Crippen LogP contribution in [0.2, 0.25) is 0 Å². The molecule has 1 fully saturated rings. The molecular weight excluding hydrogens is 761 g/mol. The quantitative estimate of drug-likeness (QED) is 0.130. The lowest BCUT2D eigenvalue weighted by molar-refractivity contribution is -0.105. The predicted molar refractivity (Wildman–Crippen MR) is 225 cm³/mol. The number of carbonyl (C=O) groups is 2. The minimum Gasteiger partial charge on any atom is -0.455 e. The van der Waals surface area contributed by atoms with E-state index in [9.17, 15) is 18.0 Å². The number of anilines is 2. The number of rotatable bonds is 11. The molecule has 1 unspecified atom stereocenters. The van der Waals surface area contributed by atoms with Crippen molar-refractivity contribution in [3.8, 4) is 11.1 Å². The number of esters is 1. The highest BCUT2D eigenvalue weighted by molar-refractivity contribution is 7.90. The molecule has 1 aliphatic heterocycles. The van der Waals surface area contributed by atoms with Gasteiger partial charge in [0.25, 0.3) is 5.91 Å². The van der Waals surface area contributed by atoms with E-state index >= 15 is 0 Å². The first kappa shape index (κ1) is 40.5. The molecule has 1 N–H and O–H groups in total. The van der Waals surface area contributed by atoms with Crippen molar-refractivity contribution in [3.05, 3.63) is 88.9 Å². The van der Waals surface area contributed by atoms with Crippen molar-refractivity contribution in [3.63, 3.8) is 0 Å². The zero-order valence-electron chi connectivity index (χ0n) is 33.8. The average Bonchev–Trinajstić information content (AvgIpc) is 3.70. The number of nitrogens with zero attached hydrogens (tertiary/aromatic N) is 5. The lowest BCUT2D eigenvalue weighted by Crippen LogP contribution is -2.46. The van der Waals surface area contributed by atoms with E-state index in [-0.39, 0.29) is 29.4 Å². The maximum atomic E-state index is 14.0. The van der Waals surface area contributed by atoms with Gasteiger partial charge in [0, 0.05) is 41.7 Å². The Morgan fingerprint density at radius 1 is 1.00 bits per heavy atom. The summed E-state index contributed by atoms with van der Waals surface area (Å²) >= 11 is 1.44. The molecule has 1 saturated carbocycles. The van der Waals surface area contributed by atoms with Crippen molar-refractivity contribution >= 4 is 54.2 Å². The summed E-state index contributed by atoms with van der Waals surface area (Å²) in [6.45, 7) is 13.5. The van der Waals surface area contributed by atoms with Crippen LogP contribution in [0.1, 0.15) is 98.0 Å². The van der Waals surface area contributed by atoms with Gasteiger partial charge in [-0.2, -0.15) is 5.10 Å². The van der Waals surface area contributed by atoms with Crippen LogP contribution in [0.15, 0.2) is 60.8 Å². The molecule has 0 bridgehead atoms. The summed E-state index contributed by atoms with van der Waals surface area (Å²) in [5, 5.41) is 8.36. The summed E-state index contributed by atoms with van der Waals surface area (Å²) < 4.78 is 39.3. The van der Waals surface area contributed by atoms with Gasteiger partial charge < -0.3 is 14.4 Å². The van der Waals surface area contributed by atoms with Gasteiger partial charge in [0.2, 0.25) is 0 Å². The molecule has 4 heterocycles. The van der Waals surface area contributed by atoms with Gasteiger partial charge in [-0.05, 0) is 107 Å². The topological polar surface area (TPSA) is 146 Å². The number of amides is 1. The molecule has 0 spiro atoms. The molecule has 0 saturated heterocycles. The first-order valence-corrected chi connectivity index (χ1v) is 22.4. The number of para-hydroxylation sites is 1. The summed E-state index contributed by atoms with van der Waals surface area (Å²) in [7, 11) is -3.19. The normalized spacial score (nSPS) is 18.3. The smallest absolute Gasteiger partial charge is 0.358 e. The van der Waals surface area contributed by atoms with Crippen LogP contribution in [0.3, 0.4) is 0 Å². The van der Waals surface area contributed by atoms with Crippen LogP contribution < -0.4 is 10.2 Å². The number of benzene rings is 2. The third kappa shape index (κ3) is 9.39. The van der Waals surface area contributed by atoms with Gasteiger partial charge in [0.05, 0.1) is 40.9 Å². The number of nitrogens with one attached hydrogen (secondary N) is 1. The summed E-state index contributed by atoms with van der Waals surface area (Å²) in [6.07, 6.45) is 7.26. The molecule has 14 heteroatoms. The van der Waals surface area contributed by atoms with E-state index in [1.54, 1.807) is 6.20 Å². The van der Waals surface area contributed by atoms with Gasteiger partial charge >= 0.3 is 5.97 Å². The summed E-state index contributed by atoms with van der Waals surface area (Å²) in [6, 6.07) is 17.4. The summed E-state index contributed by atoms with van der Waals surface area (Å²) in [4.78, 5) is 39.3. The van der Waals surface area contributed by atoms with Crippen molar-refractivity contribution in [2.45, 2.75) is 97.9 Å². The Morgan fingerprint density at radius 3 is 2.53 bits per heavy atom. The van der Waals surface area contributed by atoms with E-state index in [0.717, 1.165) is 58.3 Å². The minimum atomic E-state index is -3.19. The average molecular weight is 813 g/mol. The molecule has 2 aromatic carbocycles. The van der Waals surface area contributed by atoms with Crippen molar-refractivity contribution in [1.29, 1.82) is 0 Å². The minimum absolute atomic E-state index is 0.0206. The van der Waals surface area contributed by atoms with Crippen LogP contribution in [-0.2, 0) is 38.8 Å². The highest BCUT2D eigenvalue weighted by Gasteiger charge is 2.42. The van der Waals surface area contributed by atoms with Crippen molar-refractivity contribution in [2.24, 2.45) is 5.41 Å². The first-order valence-electron chi connectivity index (χ1n) is 19.5. The van der Waals surface area contributed by atoms with Gasteiger partial charge in [-0.25, -0.2) is 23.2 Å². The summed E-state index contributed by atoms with van der Waals surface area (Å²) in [5.41, 5.74) is 4.43. The van der Waals surface area contributed by atoms with Gasteiger partial charge in [-0.15, -0.1) is 0 Å². The fraction of sp³-hybridized carbons (Fsp3) is 0.465. The van der Waals surface area contributed by atoms with E-state index in [1.807, 2.05) is 80.9 Å². The Morgan fingerprint density at radius 2 is 1.79 bits per heavy atom. The Balaban J connectivity index is 1.18. The SMILES string of the molecule is Cc1c(-c2ccc(N3CCc4cccc(C(=O)Nc5nc6ccccc6s5)c4C3)nc2C(=O)OC(C)(C)C)cnn1CC1(OCCS(C)(=O)=O)CCCC(C)(C)C1. The largest absolute Gasteiger partial charge is 0.455 e. The molecule has 1 amide bonds. The zero-order valence-corrected chi connectivity index (χ0v) is 35.5. The van der Waals surface area contributed by atoms with Gasteiger partial charge in [0.15, 0.2) is 10.8 Å². The maximum absolute atomic E-state index is 14.0. The van der Waals surface area contributed by atoms with Gasteiger partial charge in [-0.1, -0.05) is 49.4 Å². The molecule has 12 nitrogen and oxygen atoms in total. The molecule has 302 valence electrons. The lowest BCUT2D eigenvalue weighted by atomic mass is 9.69. The Bertz CT molecular complexity index is 2400. The molecule has 7 rings (SSSR count). The van der Waals surface area contributed by atoms with Gasteiger partial charge in [0.1, 0.15) is 21.3 Å². The van der Waals surface area contributed by atoms with Crippen LogP contribution in [0.4, 0.5) is 10.9 Å². The second-order valence-electron chi connectivity index (χ2n) is 17.3. The molecule has 1 aliphatic carbocycles. The Labute approximate surface area is 338 Å². The van der Waals surface area contributed by atoms with Crippen LogP contribution in [0.5, 0.6) is 0 Å². The first-order chi connectivity index (χ1) is 26.9. The number of sulfone groups is 1. The van der Waals surface area contributed by atoms with E-state index < -0.39 is 27.0 Å². The summed E-state index contributed by atoms with van der Waals surface area (Å²) in [5.74, 6) is -0.219. The Kier molecular flexibility index (Phi) is 11.1. The number of carbonyl (C=O) groups excluding carboxylic acids is 2. The second-order valence-corrected chi connectivity index (χ2v) is 20.6. The molecule has 0 radical (unpaired) electrons. The molecule has 5 aromatic rings. The number of thiazole rings is 1. The van der Waals surface area contributed by atoms with E-state index in [2.05, 4.69) is 35.1 Å². The lowest BCUT2D eigenvalue weighted by Gasteiger charge is -2.45. The van der Waals surface area contributed by atoms with Crippen molar-refractivity contribution in [1.82, 2.24) is 19.7 Å². The standard InChI is InChI=1S/C43H52N6O6S2/c1-28-32(24-44-49(28)27-43(54-22-23-57(7,52)53)20-11-19-42(5,6)26-43)30-16-17-36(46-37(30)39(51)55-41(2,3)4)48-21-18-29-12-10-13-31(33(29)25-48)38(50)47-40-45-34-14-8-9-15-35(34)56-40/h8-10,12-17,24H,11,18-23,25-27H2,1-7H3,(H,45,47,50). The van der Waals surface area contributed by atoms with Crippen molar-refractivity contribution in [2.75, 3.05) is 35.4 Å². The fourth-order valence-corrected chi connectivity index (χ4v) is 9.45. The number of fused-ring (bicyclic) bond motifs is 2. The predicted octanol–water partition coefficient (Wildman–Crippen LogP) is 8.03. The molecule has 1 atom stereocenters. The molecule has 57 heavy (non-hydrogen) atoms. The van der Waals surface area contributed by atoms with Crippen LogP contribution >= 0.6 is 11.3 Å². The zero-order chi connectivity index (χ0) is 40.8. The number of pyridine rings is 1. The van der Waals surface area contributed by atoms with Crippen LogP contribution in [-0.4, -0.2) is 76.4 Å². The number of ether oxygens (including phenoxy) is 2. The molecule has 2 aliphatic rings. The van der Waals surface area contributed by atoms with E-state index in [0.29, 0.717) is 48.1 Å². The number of aromatic nitrogens is 4. The molecule has 3 aromatic heterocycles. The van der Waals surface area contributed by atoms with Crippen molar-refractivity contribution < 1.29 is 27.5 Å². The number of hydrogen-bond acceptors (Lipinski definition) is 11. The highest BCUT2D eigenvalue weighted by atomic mass is 32.2. The van der Waals surface area contributed by atoms with E-state index in [1.165, 1.54) is 17.6 Å². The second kappa shape index (κ2) is 15.6. The number of hydrogen-bond donors (Lipinski definition) is 1. The third-order valence-corrected chi connectivity index (χ3v) is 12.7. The Hall–Kier alpha value is -4.66. The van der Waals surface area contributed by atoms with Gasteiger partial charge in [-0.3, -0.25) is 14.8 Å². The fourth-order valence-electron chi connectivity index (χ4n) is 8.20. The third-order valence-electron chi connectivity index (χ3n) is 10.8.